The lowest BCUT2D eigenvalue weighted by molar-refractivity contribution is 1.20. The second-order valence-corrected chi connectivity index (χ2v) is 6.07. The maximum atomic E-state index is 2.38. The van der Waals surface area contributed by atoms with Crippen LogP contribution in [0.5, 0.6) is 0 Å². The molecule has 1 aromatic heterocycles. The topological polar surface area (TPSA) is 0 Å². The molecule has 0 N–H and O–H groups in total. The van der Waals surface area contributed by atoms with Crippen LogP contribution in [0.3, 0.4) is 0 Å². The minimum absolute atomic E-state index is 0.145. The number of allylic oxidation sites excluding steroid dienone is 1. The first kappa shape index (κ1) is 9.00. The van der Waals surface area contributed by atoms with Crippen LogP contribution in [0, 0.1) is 0 Å². The van der Waals surface area contributed by atoms with Crippen LogP contribution in [0.1, 0.15) is 18.1 Å². The van der Waals surface area contributed by atoms with Crippen molar-refractivity contribution in [1.29, 1.82) is 0 Å². The smallest absolute Gasteiger partial charge is 0.00186 e. The van der Waals surface area contributed by atoms with E-state index in [-0.39, 0.29) is 7.53 Å². The molecule has 0 spiro atoms. The molecule has 0 amide bonds. The molecule has 0 nitrogen and oxygen atoms in total. The van der Waals surface area contributed by atoms with Crippen LogP contribution in [-0.2, 0) is 6.42 Å². The molecule has 15 heavy (non-hydrogen) atoms. The van der Waals surface area contributed by atoms with Crippen molar-refractivity contribution in [3.63, 3.8) is 0 Å². The summed E-state index contributed by atoms with van der Waals surface area (Å²) in [5.41, 5.74) is 4.40. The van der Waals surface area contributed by atoms with Crippen LogP contribution >= 0.6 is 7.53 Å². The zero-order chi connectivity index (χ0) is 10.3. The molecule has 2 aromatic rings. The largest absolute Gasteiger partial charge is 0.0934 e. The molecule has 1 aliphatic rings. The molecule has 0 saturated carbocycles. The van der Waals surface area contributed by atoms with E-state index in [2.05, 4.69) is 54.9 Å². The van der Waals surface area contributed by atoms with Crippen molar-refractivity contribution >= 4 is 13.6 Å². The van der Waals surface area contributed by atoms with Crippen molar-refractivity contribution in [3.05, 3.63) is 58.6 Å². The molecule has 0 unspecified atom stereocenters. The first-order valence-corrected chi connectivity index (χ1v) is 6.74. The third kappa shape index (κ3) is 1.56. The molecule has 1 aromatic carbocycles. The van der Waals surface area contributed by atoms with Crippen LogP contribution in [-0.4, -0.2) is 0 Å². The highest BCUT2D eigenvalue weighted by atomic mass is 31.1. The van der Waals surface area contributed by atoms with Crippen LogP contribution in [0.4, 0.5) is 0 Å². The number of hydrogen-bond donors (Lipinski definition) is 0. The monoisotopic (exact) mass is 212 g/mol. The fourth-order valence-corrected chi connectivity index (χ4v) is 3.74. The molecule has 0 fully saturated rings. The van der Waals surface area contributed by atoms with Crippen molar-refractivity contribution in [3.8, 4) is 5.30 Å². The Labute approximate surface area is 91.3 Å². The zero-order valence-corrected chi connectivity index (χ0v) is 9.67. The van der Waals surface area contributed by atoms with Gasteiger partial charge >= 0.3 is 0 Å². The van der Waals surface area contributed by atoms with Gasteiger partial charge in [-0.05, 0) is 47.4 Å². The summed E-state index contributed by atoms with van der Waals surface area (Å²) < 4.78 is 0. The molecular formula is C14H13P. The molecule has 0 saturated heterocycles. The maximum absolute atomic E-state index is 2.38. The molecule has 1 aliphatic carbocycles. The predicted octanol–water partition coefficient (Wildman–Crippen LogP) is 4.62. The summed E-state index contributed by atoms with van der Waals surface area (Å²) in [5.74, 6) is 4.62. The van der Waals surface area contributed by atoms with Gasteiger partial charge in [0.2, 0.25) is 0 Å². The van der Waals surface area contributed by atoms with Gasteiger partial charge in [0.1, 0.15) is 0 Å². The van der Waals surface area contributed by atoms with Crippen LogP contribution in [0.15, 0.2) is 47.5 Å². The Morgan fingerprint density at radius 2 is 1.93 bits per heavy atom. The van der Waals surface area contributed by atoms with Gasteiger partial charge in [0.15, 0.2) is 0 Å². The Hall–Kier alpha value is -1.26. The Morgan fingerprint density at radius 3 is 2.73 bits per heavy atom. The Morgan fingerprint density at radius 1 is 1.13 bits per heavy atom. The van der Waals surface area contributed by atoms with Crippen LogP contribution in [0.25, 0.3) is 11.4 Å². The van der Waals surface area contributed by atoms with E-state index in [4.69, 9.17) is 0 Å². The van der Waals surface area contributed by atoms with E-state index in [9.17, 15) is 0 Å². The fraction of sp³-hybridized carbons (Fsp3) is 0.143. The molecule has 0 radical (unpaired) electrons. The second-order valence-electron chi connectivity index (χ2n) is 4.14. The lowest BCUT2D eigenvalue weighted by atomic mass is 10.1. The van der Waals surface area contributed by atoms with Gasteiger partial charge in [-0.15, -0.1) is 0 Å². The van der Waals surface area contributed by atoms with E-state index in [1.807, 2.05) is 0 Å². The molecule has 1 heteroatoms. The molecule has 0 bridgehead atoms. The predicted molar refractivity (Wildman–Crippen MR) is 67.8 cm³/mol. The van der Waals surface area contributed by atoms with E-state index in [0.29, 0.717) is 0 Å². The van der Waals surface area contributed by atoms with Gasteiger partial charge in [-0.25, -0.2) is 0 Å². The van der Waals surface area contributed by atoms with Gasteiger partial charge in [0.05, 0.1) is 0 Å². The summed E-state index contributed by atoms with van der Waals surface area (Å²) in [6.07, 6.45) is 3.44. The Balaban J connectivity index is 2.07. The molecule has 0 aliphatic heterocycles. The van der Waals surface area contributed by atoms with Gasteiger partial charge in [0, 0.05) is 0 Å². The maximum Gasteiger partial charge on any atom is -0.00186 e. The summed E-state index contributed by atoms with van der Waals surface area (Å²) in [6.45, 7) is 2.21. The summed E-state index contributed by atoms with van der Waals surface area (Å²) in [6, 6.07) is 11.2. The van der Waals surface area contributed by atoms with Crippen molar-refractivity contribution < 1.29 is 0 Å². The molecular weight excluding hydrogens is 199 g/mol. The van der Waals surface area contributed by atoms with Gasteiger partial charge < -0.3 is 0 Å². The summed E-state index contributed by atoms with van der Waals surface area (Å²) >= 11 is 0. The van der Waals surface area contributed by atoms with Crippen LogP contribution < -0.4 is 0 Å². The highest BCUT2D eigenvalue weighted by Gasteiger charge is 2.10. The highest BCUT2D eigenvalue weighted by molar-refractivity contribution is 7.56. The van der Waals surface area contributed by atoms with Gasteiger partial charge in [-0.3, -0.25) is 0 Å². The fourth-order valence-electron chi connectivity index (χ4n) is 2.17. The number of benzene rings is 1. The van der Waals surface area contributed by atoms with Crippen molar-refractivity contribution in [2.75, 3.05) is 0 Å². The first-order chi connectivity index (χ1) is 7.33. The van der Waals surface area contributed by atoms with E-state index in [0.717, 1.165) is 6.42 Å². The van der Waals surface area contributed by atoms with Gasteiger partial charge in [-0.2, -0.15) is 0 Å². The van der Waals surface area contributed by atoms with Gasteiger partial charge in [0.25, 0.3) is 0 Å². The first-order valence-electron chi connectivity index (χ1n) is 5.26. The zero-order valence-electron chi connectivity index (χ0n) is 8.77. The Bertz CT molecular complexity index is 518. The second kappa shape index (κ2) is 3.40. The molecule has 74 valence electrons. The van der Waals surface area contributed by atoms with Crippen molar-refractivity contribution in [2.45, 2.75) is 13.3 Å². The number of hydrogen-bond acceptors (Lipinski definition) is 0. The highest BCUT2D eigenvalue weighted by Crippen LogP contribution is 2.40. The van der Waals surface area contributed by atoms with Crippen LogP contribution in [0.2, 0.25) is 0 Å². The number of rotatable bonds is 1. The molecule has 3 rings (SSSR count). The third-order valence-electron chi connectivity index (χ3n) is 2.90. The Kier molecular flexibility index (Phi) is 2.04. The SMILES string of the molecule is CC1=Cc2ccc(-p3cccc3)cc2C1. The molecule has 1 heterocycles. The summed E-state index contributed by atoms with van der Waals surface area (Å²) in [7, 11) is -0.145. The van der Waals surface area contributed by atoms with E-state index < -0.39 is 0 Å². The van der Waals surface area contributed by atoms with Crippen molar-refractivity contribution in [2.24, 2.45) is 0 Å². The third-order valence-corrected chi connectivity index (χ3v) is 4.76. The normalized spacial score (nSPS) is 13.8. The minimum atomic E-state index is -0.145. The average Bonchev–Trinajstić information content (AvgIpc) is 2.82. The standard InChI is InChI=1S/C14H13P/c1-11-8-12-4-5-14(10-13(12)9-11)15-6-2-3-7-15/h2-8,10H,9H2,1H3. The quantitative estimate of drug-likeness (QED) is 0.646. The summed E-state index contributed by atoms with van der Waals surface area (Å²) in [5, 5.41) is 1.48. The van der Waals surface area contributed by atoms with Crippen molar-refractivity contribution in [1.82, 2.24) is 0 Å². The van der Waals surface area contributed by atoms with E-state index in [1.165, 1.54) is 22.0 Å². The average molecular weight is 212 g/mol. The van der Waals surface area contributed by atoms with Gasteiger partial charge in [-0.1, -0.05) is 43.4 Å². The lowest BCUT2D eigenvalue weighted by Crippen LogP contribution is -1.81. The minimum Gasteiger partial charge on any atom is -0.0934 e. The lowest BCUT2D eigenvalue weighted by Gasteiger charge is -2.03. The van der Waals surface area contributed by atoms with E-state index in [1.54, 1.807) is 0 Å². The summed E-state index contributed by atoms with van der Waals surface area (Å²) in [4.78, 5) is 0. The number of fused-ring (bicyclic) bond motifs is 1. The van der Waals surface area contributed by atoms with E-state index >= 15 is 0 Å². The molecule has 0 atom stereocenters.